The summed E-state index contributed by atoms with van der Waals surface area (Å²) in [6, 6.07) is 7.39. The molecule has 1 amide bonds. The van der Waals surface area contributed by atoms with Gasteiger partial charge in [-0.2, -0.15) is 0 Å². The molecule has 128 valence electrons. The summed E-state index contributed by atoms with van der Waals surface area (Å²) in [6.07, 6.45) is 2.18. The maximum absolute atomic E-state index is 12.6. The van der Waals surface area contributed by atoms with Gasteiger partial charge >= 0.3 is 0 Å². The van der Waals surface area contributed by atoms with Crippen LogP contribution in [0, 0.1) is 19.8 Å². The molecule has 1 saturated carbocycles. The number of rotatable bonds is 6. The van der Waals surface area contributed by atoms with Crippen molar-refractivity contribution in [2.24, 2.45) is 5.92 Å². The second kappa shape index (κ2) is 6.35. The highest BCUT2D eigenvalue weighted by atomic mass is 32.2. The van der Waals surface area contributed by atoms with Crippen LogP contribution in [-0.4, -0.2) is 41.4 Å². The number of aryl methyl sites for hydroxylation is 2. The predicted octanol–water partition coefficient (Wildman–Crippen LogP) is 1.18. The fraction of sp³-hybridized carbons (Fsp3) is 0.438. The second-order valence-corrected chi connectivity index (χ2v) is 8.09. The van der Waals surface area contributed by atoms with Crippen molar-refractivity contribution in [1.29, 1.82) is 0 Å². The Morgan fingerprint density at radius 3 is 2.71 bits per heavy atom. The smallest absolute Gasteiger partial charge is 0.254 e. The van der Waals surface area contributed by atoms with E-state index in [-0.39, 0.29) is 5.16 Å². The Morgan fingerprint density at radius 1 is 1.29 bits per heavy atom. The predicted molar refractivity (Wildman–Crippen MR) is 88.6 cm³/mol. The van der Waals surface area contributed by atoms with Crippen molar-refractivity contribution < 1.29 is 13.2 Å². The van der Waals surface area contributed by atoms with Crippen LogP contribution in [0.1, 0.15) is 24.2 Å². The highest BCUT2D eigenvalue weighted by Gasteiger charge is 2.28. The van der Waals surface area contributed by atoms with Crippen LogP contribution in [0.15, 0.2) is 29.4 Å². The van der Waals surface area contributed by atoms with Gasteiger partial charge in [0.1, 0.15) is 11.6 Å². The quantitative estimate of drug-likeness (QED) is 0.846. The van der Waals surface area contributed by atoms with E-state index in [0.717, 1.165) is 18.4 Å². The van der Waals surface area contributed by atoms with E-state index in [1.165, 1.54) is 4.57 Å². The molecule has 0 aliphatic heterocycles. The molecule has 0 saturated heterocycles. The van der Waals surface area contributed by atoms with Gasteiger partial charge in [-0.3, -0.25) is 9.36 Å². The van der Waals surface area contributed by atoms with E-state index < -0.39 is 21.5 Å². The first kappa shape index (κ1) is 16.6. The molecule has 1 heterocycles. The van der Waals surface area contributed by atoms with Crippen molar-refractivity contribution >= 4 is 15.7 Å². The average Bonchev–Trinajstić information content (AvgIpc) is 3.25. The summed E-state index contributed by atoms with van der Waals surface area (Å²) in [7, 11) is -3.88. The van der Waals surface area contributed by atoms with Gasteiger partial charge in [0.2, 0.25) is 15.7 Å². The molecule has 1 fully saturated rings. The minimum atomic E-state index is -3.88. The van der Waals surface area contributed by atoms with E-state index in [9.17, 15) is 13.2 Å². The fourth-order valence-electron chi connectivity index (χ4n) is 2.48. The Kier molecular flexibility index (Phi) is 4.40. The van der Waals surface area contributed by atoms with Crippen molar-refractivity contribution in [3.8, 4) is 5.69 Å². The van der Waals surface area contributed by atoms with Crippen molar-refractivity contribution in [3.63, 3.8) is 0 Å². The van der Waals surface area contributed by atoms with Crippen LogP contribution in [0.25, 0.3) is 5.69 Å². The summed E-state index contributed by atoms with van der Waals surface area (Å²) in [5, 5.41) is 10.1. The van der Waals surface area contributed by atoms with Crippen molar-refractivity contribution in [2.45, 2.75) is 31.8 Å². The molecule has 1 aliphatic rings. The third-order valence-corrected chi connectivity index (χ3v) is 5.40. The van der Waals surface area contributed by atoms with Crippen LogP contribution in [0.3, 0.4) is 0 Å². The number of carbonyl (C=O) groups excluding carboxylic acids is 1. The van der Waals surface area contributed by atoms with E-state index in [2.05, 4.69) is 15.5 Å². The first-order valence-electron chi connectivity index (χ1n) is 7.85. The van der Waals surface area contributed by atoms with Crippen molar-refractivity contribution in [1.82, 2.24) is 20.1 Å². The Hall–Kier alpha value is -2.22. The molecule has 2 aromatic rings. The van der Waals surface area contributed by atoms with E-state index in [0.29, 0.717) is 24.0 Å². The summed E-state index contributed by atoms with van der Waals surface area (Å²) >= 11 is 0. The lowest BCUT2D eigenvalue weighted by Gasteiger charge is -2.10. The molecule has 1 N–H and O–H groups in total. The Labute approximate surface area is 141 Å². The zero-order chi connectivity index (χ0) is 17.3. The molecule has 0 spiro atoms. The number of aromatic nitrogens is 3. The number of amides is 1. The van der Waals surface area contributed by atoms with Crippen LogP contribution in [0.4, 0.5) is 0 Å². The molecule has 0 unspecified atom stereocenters. The van der Waals surface area contributed by atoms with Crippen molar-refractivity contribution in [3.05, 3.63) is 35.7 Å². The standard InChI is InChI=1S/C16H20N4O3S/c1-11-4-3-5-14(8-11)20-12(2)18-19-16(20)24(22,23)10-15(21)17-9-13-6-7-13/h3-5,8,13H,6-7,9-10H2,1-2H3,(H,17,21). The van der Waals surface area contributed by atoms with Crippen LogP contribution >= 0.6 is 0 Å². The molecule has 0 bridgehead atoms. The van der Waals surface area contributed by atoms with Gasteiger partial charge in [0.25, 0.3) is 5.16 Å². The minimum Gasteiger partial charge on any atom is -0.355 e. The molecule has 1 aromatic heterocycles. The molecule has 1 aromatic carbocycles. The van der Waals surface area contributed by atoms with Gasteiger partial charge in [-0.05, 0) is 50.3 Å². The number of hydrogen-bond acceptors (Lipinski definition) is 5. The summed E-state index contributed by atoms with van der Waals surface area (Å²) in [6.45, 7) is 4.14. The van der Waals surface area contributed by atoms with E-state index >= 15 is 0 Å². The first-order chi connectivity index (χ1) is 11.4. The monoisotopic (exact) mass is 348 g/mol. The van der Waals surface area contributed by atoms with Crippen LogP contribution in [0.5, 0.6) is 0 Å². The maximum atomic E-state index is 12.6. The Morgan fingerprint density at radius 2 is 2.04 bits per heavy atom. The fourth-order valence-corrected chi connectivity index (χ4v) is 3.73. The molecule has 7 nitrogen and oxygen atoms in total. The normalized spacial score (nSPS) is 14.6. The van der Waals surface area contributed by atoms with Gasteiger partial charge in [0, 0.05) is 12.2 Å². The maximum Gasteiger partial charge on any atom is 0.254 e. The van der Waals surface area contributed by atoms with Gasteiger partial charge in [0.05, 0.1) is 0 Å². The molecule has 3 rings (SSSR count). The summed E-state index contributed by atoms with van der Waals surface area (Å²) in [5.41, 5.74) is 1.65. The van der Waals surface area contributed by atoms with Gasteiger partial charge in [-0.25, -0.2) is 8.42 Å². The molecule has 0 atom stereocenters. The van der Waals surface area contributed by atoms with Gasteiger partial charge in [-0.1, -0.05) is 12.1 Å². The number of hydrogen-bond donors (Lipinski definition) is 1. The Bertz CT molecular complexity index is 869. The molecule has 24 heavy (non-hydrogen) atoms. The van der Waals surface area contributed by atoms with E-state index in [4.69, 9.17) is 0 Å². The largest absolute Gasteiger partial charge is 0.355 e. The number of benzene rings is 1. The third-order valence-electron chi connectivity index (χ3n) is 3.94. The van der Waals surface area contributed by atoms with E-state index in [1.54, 1.807) is 13.0 Å². The van der Waals surface area contributed by atoms with Gasteiger partial charge in [0.15, 0.2) is 0 Å². The summed E-state index contributed by atoms with van der Waals surface area (Å²) in [5.74, 6) is -0.172. The molecular formula is C16H20N4O3S. The summed E-state index contributed by atoms with van der Waals surface area (Å²) in [4.78, 5) is 11.9. The average molecular weight is 348 g/mol. The lowest BCUT2D eigenvalue weighted by atomic mass is 10.2. The number of nitrogens with one attached hydrogen (secondary N) is 1. The Balaban J connectivity index is 1.86. The summed E-state index contributed by atoms with van der Waals surface area (Å²) < 4.78 is 26.7. The topological polar surface area (TPSA) is 93.9 Å². The van der Waals surface area contributed by atoms with E-state index in [1.807, 2.05) is 25.1 Å². The lowest BCUT2D eigenvalue weighted by Crippen LogP contribution is -2.32. The number of sulfone groups is 1. The second-order valence-electron chi connectivity index (χ2n) is 6.21. The zero-order valence-electron chi connectivity index (χ0n) is 13.7. The van der Waals surface area contributed by atoms with Crippen LogP contribution in [0.2, 0.25) is 0 Å². The third kappa shape index (κ3) is 3.64. The number of nitrogens with zero attached hydrogens (tertiary/aromatic N) is 3. The van der Waals surface area contributed by atoms with Crippen LogP contribution in [-0.2, 0) is 14.6 Å². The highest BCUT2D eigenvalue weighted by Crippen LogP contribution is 2.27. The minimum absolute atomic E-state index is 0.202. The SMILES string of the molecule is Cc1cccc(-n2c(C)nnc2S(=O)(=O)CC(=O)NCC2CC2)c1. The lowest BCUT2D eigenvalue weighted by molar-refractivity contribution is -0.118. The van der Waals surface area contributed by atoms with Gasteiger partial charge in [-0.15, -0.1) is 10.2 Å². The zero-order valence-corrected chi connectivity index (χ0v) is 14.5. The molecule has 8 heteroatoms. The van der Waals surface area contributed by atoms with Gasteiger partial charge < -0.3 is 5.32 Å². The number of carbonyl (C=O) groups is 1. The molecule has 1 aliphatic carbocycles. The van der Waals surface area contributed by atoms with Crippen LogP contribution < -0.4 is 5.32 Å². The van der Waals surface area contributed by atoms with Crippen molar-refractivity contribution in [2.75, 3.05) is 12.3 Å². The highest BCUT2D eigenvalue weighted by molar-refractivity contribution is 7.92. The molecule has 0 radical (unpaired) electrons. The molecular weight excluding hydrogens is 328 g/mol. The first-order valence-corrected chi connectivity index (χ1v) is 9.50.